The SMILES string of the molecule is CNC(=O)c1ccc(N)cc1NCCn1cccn1. The van der Waals surface area contributed by atoms with E-state index < -0.39 is 0 Å². The first-order valence-corrected chi connectivity index (χ1v) is 6.03. The maximum atomic E-state index is 11.7. The van der Waals surface area contributed by atoms with Crippen LogP contribution >= 0.6 is 0 Å². The van der Waals surface area contributed by atoms with E-state index in [0.717, 1.165) is 12.2 Å². The quantitative estimate of drug-likeness (QED) is 0.698. The molecule has 2 aromatic rings. The van der Waals surface area contributed by atoms with Gasteiger partial charge in [-0.25, -0.2) is 0 Å². The molecule has 19 heavy (non-hydrogen) atoms. The molecule has 0 saturated carbocycles. The molecule has 0 unspecified atom stereocenters. The van der Waals surface area contributed by atoms with Crippen LogP contribution in [0.4, 0.5) is 11.4 Å². The maximum Gasteiger partial charge on any atom is 0.253 e. The predicted molar refractivity (Wildman–Crippen MR) is 75.0 cm³/mol. The minimum absolute atomic E-state index is 0.137. The summed E-state index contributed by atoms with van der Waals surface area (Å²) in [4.78, 5) is 11.7. The lowest BCUT2D eigenvalue weighted by Crippen LogP contribution is -2.20. The average Bonchev–Trinajstić information content (AvgIpc) is 2.91. The van der Waals surface area contributed by atoms with Crippen molar-refractivity contribution in [3.8, 4) is 0 Å². The van der Waals surface area contributed by atoms with Crippen molar-refractivity contribution in [2.45, 2.75) is 6.54 Å². The molecule has 0 spiro atoms. The smallest absolute Gasteiger partial charge is 0.253 e. The van der Waals surface area contributed by atoms with Gasteiger partial charge in [0.25, 0.3) is 5.91 Å². The van der Waals surface area contributed by atoms with Gasteiger partial charge in [0.2, 0.25) is 0 Å². The average molecular weight is 259 g/mol. The number of nitrogens with two attached hydrogens (primary N) is 1. The van der Waals surface area contributed by atoms with Gasteiger partial charge in [-0.3, -0.25) is 9.48 Å². The number of aromatic nitrogens is 2. The van der Waals surface area contributed by atoms with E-state index in [0.29, 0.717) is 17.8 Å². The second kappa shape index (κ2) is 5.90. The number of rotatable bonds is 5. The van der Waals surface area contributed by atoms with E-state index in [1.165, 1.54) is 0 Å². The molecule has 0 aliphatic carbocycles. The van der Waals surface area contributed by atoms with Crippen molar-refractivity contribution in [2.75, 3.05) is 24.6 Å². The molecule has 0 radical (unpaired) electrons. The molecule has 100 valence electrons. The highest BCUT2D eigenvalue weighted by Gasteiger charge is 2.09. The van der Waals surface area contributed by atoms with E-state index in [1.807, 2.05) is 16.9 Å². The molecule has 1 amide bonds. The molecular formula is C13H17N5O. The Morgan fingerprint density at radius 2 is 2.32 bits per heavy atom. The van der Waals surface area contributed by atoms with Gasteiger partial charge in [-0.15, -0.1) is 0 Å². The number of carbonyl (C=O) groups excluding carboxylic acids is 1. The third kappa shape index (κ3) is 3.25. The summed E-state index contributed by atoms with van der Waals surface area (Å²) in [5.74, 6) is -0.137. The lowest BCUT2D eigenvalue weighted by molar-refractivity contribution is 0.0964. The van der Waals surface area contributed by atoms with Crippen LogP contribution in [0.2, 0.25) is 0 Å². The zero-order valence-corrected chi connectivity index (χ0v) is 10.8. The van der Waals surface area contributed by atoms with Crippen molar-refractivity contribution in [2.24, 2.45) is 0 Å². The van der Waals surface area contributed by atoms with E-state index in [9.17, 15) is 4.79 Å². The summed E-state index contributed by atoms with van der Waals surface area (Å²) in [6.07, 6.45) is 3.62. The molecule has 6 nitrogen and oxygen atoms in total. The van der Waals surface area contributed by atoms with Gasteiger partial charge in [0.1, 0.15) is 0 Å². The van der Waals surface area contributed by atoms with Crippen LogP contribution < -0.4 is 16.4 Å². The number of hydrogen-bond acceptors (Lipinski definition) is 4. The van der Waals surface area contributed by atoms with Crippen molar-refractivity contribution < 1.29 is 4.79 Å². The molecular weight excluding hydrogens is 242 g/mol. The number of amides is 1. The fourth-order valence-electron chi connectivity index (χ4n) is 1.78. The Hall–Kier alpha value is -2.50. The van der Waals surface area contributed by atoms with Crippen LogP contribution in [0.5, 0.6) is 0 Å². The lowest BCUT2D eigenvalue weighted by Gasteiger charge is -2.12. The van der Waals surface area contributed by atoms with E-state index in [-0.39, 0.29) is 5.91 Å². The molecule has 1 aromatic carbocycles. The number of hydrogen-bond donors (Lipinski definition) is 3. The Balaban J connectivity index is 2.05. The Labute approximate surface area is 111 Å². The van der Waals surface area contributed by atoms with Crippen molar-refractivity contribution in [3.63, 3.8) is 0 Å². The van der Waals surface area contributed by atoms with Gasteiger partial charge >= 0.3 is 0 Å². The van der Waals surface area contributed by atoms with Gasteiger partial charge in [0.05, 0.1) is 12.1 Å². The number of nitrogens with one attached hydrogen (secondary N) is 2. The Morgan fingerprint density at radius 3 is 3.00 bits per heavy atom. The fraction of sp³-hybridized carbons (Fsp3) is 0.231. The second-order valence-corrected chi connectivity index (χ2v) is 4.08. The number of anilines is 2. The summed E-state index contributed by atoms with van der Waals surface area (Å²) in [6, 6.07) is 7.05. The third-order valence-corrected chi connectivity index (χ3v) is 2.73. The minimum atomic E-state index is -0.137. The Bertz CT molecular complexity index is 550. The van der Waals surface area contributed by atoms with Crippen molar-refractivity contribution in [3.05, 3.63) is 42.2 Å². The van der Waals surface area contributed by atoms with Gasteiger partial charge in [-0.1, -0.05) is 0 Å². The van der Waals surface area contributed by atoms with Crippen molar-refractivity contribution in [1.82, 2.24) is 15.1 Å². The summed E-state index contributed by atoms with van der Waals surface area (Å²) >= 11 is 0. The summed E-state index contributed by atoms with van der Waals surface area (Å²) in [7, 11) is 1.60. The lowest BCUT2D eigenvalue weighted by atomic mass is 10.1. The van der Waals surface area contributed by atoms with Crippen LogP contribution in [0, 0.1) is 0 Å². The van der Waals surface area contributed by atoms with Crippen LogP contribution in [0.3, 0.4) is 0 Å². The van der Waals surface area contributed by atoms with E-state index in [2.05, 4.69) is 15.7 Å². The normalized spacial score (nSPS) is 10.2. The molecule has 1 aromatic heterocycles. The molecule has 0 aliphatic rings. The number of nitrogen functional groups attached to an aromatic ring is 1. The number of benzene rings is 1. The van der Waals surface area contributed by atoms with Crippen LogP contribution in [0.25, 0.3) is 0 Å². The van der Waals surface area contributed by atoms with Gasteiger partial charge in [-0.2, -0.15) is 5.10 Å². The van der Waals surface area contributed by atoms with Gasteiger partial charge < -0.3 is 16.4 Å². The maximum absolute atomic E-state index is 11.7. The molecule has 0 aliphatic heterocycles. The van der Waals surface area contributed by atoms with E-state index in [4.69, 9.17) is 5.73 Å². The molecule has 0 bridgehead atoms. The Kier molecular flexibility index (Phi) is 4.02. The zero-order chi connectivity index (χ0) is 13.7. The number of carbonyl (C=O) groups is 1. The predicted octanol–water partition coefficient (Wildman–Crippen LogP) is 0.937. The molecule has 6 heteroatoms. The van der Waals surface area contributed by atoms with Gasteiger partial charge in [0.15, 0.2) is 0 Å². The van der Waals surface area contributed by atoms with Crippen molar-refractivity contribution >= 4 is 17.3 Å². The molecule has 0 atom stereocenters. The van der Waals surface area contributed by atoms with Crippen LogP contribution in [-0.2, 0) is 6.54 Å². The van der Waals surface area contributed by atoms with Crippen LogP contribution in [-0.4, -0.2) is 29.3 Å². The first-order valence-electron chi connectivity index (χ1n) is 6.03. The largest absolute Gasteiger partial charge is 0.399 e. The van der Waals surface area contributed by atoms with Gasteiger partial charge in [0, 0.05) is 37.4 Å². The number of nitrogens with zero attached hydrogens (tertiary/aromatic N) is 2. The monoisotopic (exact) mass is 259 g/mol. The first kappa shape index (κ1) is 12.9. The summed E-state index contributed by atoms with van der Waals surface area (Å²) in [6.45, 7) is 1.38. The molecule has 2 rings (SSSR count). The van der Waals surface area contributed by atoms with E-state index >= 15 is 0 Å². The van der Waals surface area contributed by atoms with Crippen molar-refractivity contribution in [1.29, 1.82) is 0 Å². The zero-order valence-electron chi connectivity index (χ0n) is 10.8. The standard InChI is InChI=1S/C13H17N5O/c1-15-13(19)11-4-3-10(14)9-12(11)16-6-8-18-7-2-5-17-18/h2-5,7,9,16H,6,8,14H2,1H3,(H,15,19). The topological polar surface area (TPSA) is 85.0 Å². The summed E-state index contributed by atoms with van der Waals surface area (Å²) in [5, 5.41) is 9.93. The van der Waals surface area contributed by atoms with Gasteiger partial charge in [-0.05, 0) is 24.3 Å². The highest BCUT2D eigenvalue weighted by Crippen LogP contribution is 2.19. The summed E-state index contributed by atoms with van der Waals surface area (Å²) < 4.78 is 1.82. The molecule has 0 saturated heterocycles. The minimum Gasteiger partial charge on any atom is -0.399 e. The molecule has 4 N–H and O–H groups in total. The highest BCUT2D eigenvalue weighted by atomic mass is 16.1. The molecule has 1 heterocycles. The summed E-state index contributed by atoms with van der Waals surface area (Å²) in [5.41, 5.74) is 7.67. The van der Waals surface area contributed by atoms with Crippen LogP contribution in [0.15, 0.2) is 36.7 Å². The second-order valence-electron chi connectivity index (χ2n) is 4.08. The third-order valence-electron chi connectivity index (χ3n) is 2.73. The Morgan fingerprint density at radius 1 is 1.47 bits per heavy atom. The first-order chi connectivity index (χ1) is 9.20. The fourth-order valence-corrected chi connectivity index (χ4v) is 1.78. The van der Waals surface area contributed by atoms with Crippen LogP contribution in [0.1, 0.15) is 10.4 Å². The van der Waals surface area contributed by atoms with E-state index in [1.54, 1.807) is 31.4 Å². The highest BCUT2D eigenvalue weighted by molar-refractivity contribution is 6.00. The molecule has 0 fully saturated rings.